The van der Waals surface area contributed by atoms with E-state index in [1.54, 1.807) is 6.92 Å². The average Bonchev–Trinajstić information content (AvgIpc) is 1.68. The summed E-state index contributed by atoms with van der Waals surface area (Å²) in [4.78, 5) is 0. The first-order valence-corrected chi connectivity index (χ1v) is 2.41. The van der Waals surface area contributed by atoms with Gasteiger partial charge in [-0.1, -0.05) is 19.6 Å². The summed E-state index contributed by atoms with van der Waals surface area (Å²) >= 11 is 0. The molecular weight excluding hydrogens is 88.1 g/mol. The topological polar surface area (TPSA) is 20.2 Å². The van der Waals surface area contributed by atoms with Gasteiger partial charge in [-0.05, 0) is 13.3 Å². The normalized spacial score (nSPS) is 18.1. The van der Waals surface area contributed by atoms with Crippen LogP contribution in [0.25, 0.3) is 0 Å². The lowest BCUT2D eigenvalue weighted by molar-refractivity contribution is 0.108. The smallest absolute Gasteiger partial charge is 0.0800 e. The van der Waals surface area contributed by atoms with Crippen molar-refractivity contribution in [2.45, 2.75) is 25.9 Å². The lowest BCUT2D eigenvalue weighted by Crippen LogP contribution is -2.17. The first kappa shape index (κ1) is 6.70. The Balaban J connectivity index is 3.58. The Kier molecular flexibility index (Phi) is 2.03. The van der Waals surface area contributed by atoms with E-state index in [0.29, 0.717) is 6.42 Å². The van der Waals surface area contributed by atoms with E-state index >= 15 is 0 Å². The third-order valence-electron chi connectivity index (χ3n) is 1.07. The third-order valence-corrected chi connectivity index (χ3v) is 1.07. The van der Waals surface area contributed by atoms with Crippen LogP contribution in [0.2, 0.25) is 0 Å². The summed E-state index contributed by atoms with van der Waals surface area (Å²) in [6.45, 7) is 8.59. The van der Waals surface area contributed by atoms with Crippen molar-refractivity contribution in [3.8, 4) is 0 Å². The SMILES string of the molecule is [CH]=CC(C)(O)CC. The third kappa shape index (κ3) is 2.40. The molecule has 1 N–H and O–H groups in total. The van der Waals surface area contributed by atoms with E-state index in [1.165, 1.54) is 6.08 Å². The largest absolute Gasteiger partial charge is 0.386 e. The highest BCUT2D eigenvalue weighted by molar-refractivity contribution is 4.87. The Labute approximate surface area is 44.7 Å². The van der Waals surface area contributed by atoms with Gasteiger partial charge in [-0.2, -0.15) is 0 Å². The zero-order valence-electron chi connectivity index (χ0n) is 4.81. The molecule has 0 saturated heterocycles. The molecule has 0 spiro atoms. The molecule has 0 aliphatic carbocycles. The molecule has 1 radical (unpaired) electrons. The summed E-state index contributed by atoms with van der Waals surface area (Å²) in [6, 6.07) is 0. The van der Waals surface area contributed by atoms with Crippen molar-refractivity contribution in [1.82, 2.24) is 0 Å². The molecule has 7 heavy (non-hydrogen) atoms. The lowest BCUT2D eigenvalue weighted by atomic mass is 10.1. The number of hydrogen-bond donors (Lipinski definition) is 1. The van der Waals surface area contributed by atoms with Gasteiger partial charge < -0.3 is 5.11 Å². The fourth-order valence-electron chi connectivity index (χ4n) is 0.118. The van der Waals surface area contributed by atoms with Gasteiger partial charge in [-0.25, -0.2) is 0 Å². The fraction of sp³-hybridized carbons (Fsp3) is 0.667. The Morgan fingerprint density at radius 2 is 2.29 bits per heavy atom. The van der Waals surface area contributed by atoms with Crippen molar-refractivity contribution in [2.75, 3.05) is 0 Å². The minimum absolute atomic E-state index is 0.670. The molecule has 1 atom stereocenters. The van der Waals surface area contributed by atoms with E-state index in [4.69, 9.17) is 11.7 Å². The highest BCUT2D eigenvalue weighted by Crippen LogP contribution is 2.06. The van der Waals surface area contributed by atoms with Crippen molar-refractivity contribution < 1.29 is 5.11 Å². The minimum Gasteiger partial charge on any atom is -0.386 e. The summed E-state index contributed by atoms with van der Waals surface area (Å²) in [5, 5.41) is 8.95. The Hall–Kier alpha value is -0.300. The first-order valence-electron chi connectivity index (χ1n) is 2.41. The summed E-state index contributed by atoms with van der Waals surface area (Å²) in [6.07, 6.45) is 1.97. The maximum Gasteiger partial charge on any atom is 0.0800 e. The summed E-state index contributed by atoms with van der Waals surface area (Å²) in [5.74, 6) is 0. The van der Waals surface area contributed by atoms with E-state index in [9.17, 15) is 0 Å². The minimum atomic E-state index is -0.764. The molecule has 0 rings (SSSR count). The zero-order valence-corrected chi connectivity index (χ0v) is 4.81. The van der Waals surface area contributed by atoms with Crippen LogP contribution in [0.15, 0.2) is 6.08 Å². The van der Waals surface area contributed by atoms with Crippen LogP contribution in [-0.2, 0) is 0 Å². The number of aliphatic hydroxyl groups is 1. The van der Waals surface area contributed by atoms with E-state index in [1.807, 2.05) is 6.92 Å². The molecule has 0 fully saturated rings. The van der Waals surface area contributed by atoms with Gasteiger partial charge in [0.1, 0.15) is 0 Å². The molecule has 0 aromatic rings. The zero-order chi connectivity index (χ0) is 5.91. The van der Waals surface area contributed by atoms with Gasteiger partial charge in [0.05, 0.1) is 5.60 Å². The van der Waals surface area contributed by atoms with Crippen LogP contribution in [-0.4, -0.2) is 10.7 Å². The second-order valence-corrected chi connectivity index (χ2v) is 1.88. The Morgan fingerprint density at radius 3 is 2.29 bits per heavy atom. The summed E-state index contributed by atoms with van der Waals surface area (Å²) in [7, 11) is 0. The van der Waals surface area contributed by atoms with Gasteiger partial charge in [0.15, 0.2) is 0 Å². The number of rotatable bonds is 2. The number of hydrogen-bond acceptors (Lipinski definition) is 1. The van der Waals surface area contributed by atoms with Crippen LogP contribution in [0, 0.1) is 6.58 Å². The molecule has 0 bridgehead atoms. The van der Waals surface area contributed by atoms with E-state index in [2.05, 4.69) is 0 Å². The molecule has 0 saturated carbocycles. The van der Waals surface area contributed by atoms with Crippen molar-refractivity contribution in [3.05, 3.63) is 12.7 Å². The molecule has 0 amide bonds. The van der Waals surface area contributed by atoms with E-state index in [-0.39, 0.29) is 0 Å². The average molecular weight is 99.2 g/mol. The van der Waals surface area contributed by atoms with Crippen molar-refractivity contribution in [3.63, 3.8) is 0 Å². The molecule has 1 nitrogen and oxygen atoms in total. The lowest BCUT2D eigenvalue weighted by Gasteiger charge is -2.13. The molecule has 1 unspecified atom stereocenters. The second-order valence-electron chi connectivity index (χ2n) is 1.88. The quantitative estimate of drug-likeness (QED) is 0.550. The summed E-state index contributed by atoms with van der Waals surface area (Å²) in [5.41, 5.74) is -0.764. The molecular formula is C6H11O. The highest BCUT2D eigenvalue weighted by Gasteiger charge is 2.09. The van der Waals surface area contributed by atoms with Crippen LogP contribution >= 0.6 is 0 Å². The summed E-state index contributed by atoms with van der Waals surface area (Å²) < 4.78 is 0. The molecule has 0 aromatic heterocycles. The Bertz CT molecular complexity index is 64.6. The van der Waals surface area contributed by atoms with Gasteiger partial charge >= 0.3 is 0 Å². The van der Waals surface area contributed by atoms with Crippen LogP contribution in [0.5, 0.6) is 0 Å². The van der Waals surface area contributed by atoms with Gasteiger partial charge in [0.2, 0.25) is 0 Å². The fourth-order valence-corrected chi connectivity index (χ4v) is 0.118. The second kappa shape index (κ2) is 2.12. The molecule has 0 heterocycles. The predicted octanol–water partition coefficient (Wildman–Crippen LogP) is 1.14. The first-order chi connectivity index (χ1) is 3.12. The Morgan fingerprint density at radius 1 is 1.86 bits per heavy atom. The van der Waals surface area contributed by atoms with Gasteiger partial charge in [0.25, 0.3) is 0 Å². The van der Waals surface area contributed by atoms with Crippen molar-refractivity contribution in [2.24, 2.45) is 0 Å². The van der Waals surface area contributed by atoms with Crippen molar-refractivity contribution >= 4 is 0 Å². The van der Waals surface area contributed by atoms with E-state index < -0.39 is 5.60 Å². The van der Waals surface area contributed by atoms with Crippen LogP contribution in [0.4, 0.5) is 0 Å². The molecule has 0 aromatic carbocycles. The van der Waals surface area contributed by atoms with Crippen LogP contribution < -0.4 is 0 Å². The monoisotopic (exact) mass is 99.1 g/mol. The molecule has 41 valence electrons. The molecule has 0 aliphatic heterocycles. The van der Waals surface area contributed by atoms with Crippen LogP contribution in [0.1, 0.15) is 20.3 Å². The standard InChI is InChI=1S/C6H11O/c1-4-6(3,7)5-2/h1,4,7H,5H2,2-3H3. The maximum atomic E-state index is 8.95. The van der Waals surface area contributed by atoms with Gasteiger partial charge in [-0.3, -0.25) is 0 Å². The molecule has 0 aliphatic rings. The maximum absolute atomic E-state index is 8.95. The van der Waals surface area contributed by atoms with E-state index in [0.717, 1.165) is 0 Å². The highest BCUT2D eigenvalue weighted by atomic mass is 16.3. The van der Waals surface area contributed by atoms with Crippen molar-refractivity contribution in [1.29, 1.82) is 0 Å². The molecule has 1 heteroatoms. The van der Waals surface area contributed by atoms with Gasteiger partial charge in [0, 0.05) is 0 Å². The predicted molar refractivity (Wildman–Crippen MR) is 29.8 cm³/mol. The van der Waals surface area contributed by atoms with Crippen LogP contribution in [0.3, 0.4) is 0 Å². The van der Waals surface area contributed by atoms with Gasteiger partial charge in [-0.15, -0.1) is 0 Å².